The number of benzene rings is 1. The molecule has 0 radical (unpaired) electrons. The van der Waals surface area contributed by atoms with Crippen LogP contribution in [0, 0.1) is 0 Å². The van der Waals surface area contributed by atoms with Crippen molar-refractivity contribution < 1.29 is 9.53 Å². The molecule has 0 unspecified atom stereocenters. The van der Waals surface area contributed by atoms with Crippen LogP contribution in [0.15, 0.2) is 30.5 Å². The summed E-state index contributed by atoms with van der Waals surface area (Å²) in [6, 6.07) is 7.44. The van der Waals surface area contributed by atoms with Crippen LogP contribution in [-0.2, 0) is 4.74 Å². The zero-order chi connectivity index (χ0) is 13.1. The first-order valence-corrected chi connectivity index (χ1v) is 6.58. The van der Waals surface area contributed by atoms with Gasteiger partial charge in [0, 0.05) is 17.7 Å². The lowest BCUT2D eigenvalue weighted by Crippen LogP contribution is -2.02. The topological polar surface area (TPSA) is 39.2 Å². The van der Waals surface area contributed by atoms with Crippen molar-refractivity contribution >= 4 is 17.3 Å². The summed E-state index contributed by atoms with van der Waals surface area (Å²) in [6.45, 7) is 4.21. The summed E-state index contributed by atoms with van der Waals surface area (Å²) in [5.74, 6) is 0.0825. The summed E-state index contributed by atoms with van der Waals surface area (Å²) in [5, 5.41) is 1.07. The number of hydrogen-bond donors (Lipinski definition) is 0. The third-order valence-corrected chi connectivity index (χ3v) is 3.95. The summed E-state index contributed by atoms with van der Waals surface area (Å²) in [5.41, 5.74) is 1.47. The SMILES string of the molecule is COC(=O)c1ccccc1-c1cnc(C(C)C)s1. The highest BCUT2D eigenvalue weighted by Gasteiger charge is 2.15. The predicted octanol–water partition coefficient (Wildman–Crippen LogP) is 3.72. The Hall–Kier alpha value is -1.68. The first-order chi connectivity index (χ1) is 8.63. The van der Waals surface area contributed by atoms with Crippen molar-refractivity contribution in [2.45, 2.75) is 19.8 Å². The maximum atomic E-state index is 11.7. The van der Waals surface area contributed by atoms with Crippen molar-refractivity contribution in [2.75, 3.05) is 7.11 Å². The van der Waals surface area contributed by atoms with Gasteiger partial charge >= 0.3 is 5.97 Å². The molecule has 0 aliphatic rings. The number of aromatic nitrogens is 1. The molecule has 18 heavy (non-hydrogen) atoms. The van der Waals surface area contributed by atoms with Crippen LogP contribution >= 0.6 is 11.3 Å². The van der Waals surface area contributed by atoms with E-state index in [1.165, 1.54) is 7.11 Å². The normalized spacial score (nSPS) is 10.7. The summed E-state index contributed by atoms with van der Waals surface area (Å²) < 4.78 is 4.80. The molecule has 0 aliphatic heterocycles. The van der Waals surface area contributed by atoms with E-state index in [4.69, 9.17) is 4.74 Å². The monoisotopic (exact) mass is 261 g/mol. The van der Waals surface area contributed by atoms with Crippen molar-refractivity contribution in [3.05, 3.63) is 41.0 Å². The molecule has 2 rings (SSSR count). The largest absolute Gasteiger partial charge is 0.465 e. The van der Waals surface area contributed by atoms with Crippen LogP contribution in [0.5, 0.6) is 0 Å². The summed E-state index contributed by atoms with van der Waals surface area (Å²) in [7, 11) is 1.39. The van der Waals surface area contributed by atoms with Gasteiger partial charge in [0.15, 0.2) is 0 Å². The lowest BCUT2D eigenvalue weighted by Gasteiger charge is -2.05. The molecule has 0 amide bonds. The Labute approximate surface area is 110 Å². The highest BCUT2D eigenvalue weighted by atomic mass is 32.1. The van der Waals surface area contributed by atoms with Gasteiger partial charge in [-0.25, -0.2) is 9.78 Å². The molecule has 4 heteroatoms. The molecule has 0 aliphatic carbocycles. The Morgan fingerprint density at radius 2 is 2.06 bits per heavy atom. The van der Waals surface area contributed by atoms with E-state index in [0.717, 1.165) is 15.4 Å². The molecule has 0 fully saturated rings. The number of thiazole rings is 1. The fraction of sp³-hybridized carbons (Fsp3) is 0.286. The highest BCUT2D eigenvalue weighted by Crippen LogP contribution is 2.32. The smallest absolute Gasteiger partial charge is 0.338 e. The van der Waals surface area contributed by atoms with Crippen LogP contribution in [0.25, 0.3) is 10.4 Å². The third-order valence-electron chi connectivity index (χ3n) is 2.62. The number of nitrogens with zero attached hydrogens (tertiary/aromatic N) is 1. The maximum Gasteiger partial charge on any atom is 0.338 e. The van der Waals surface area contributed by atoms with Crippen LogP contribution in [0.1, 0.15) is 35.1 Å². The summed E-state index contributed by atoms with van der Waals surface area (Å²) in [6.07, 6.45) is 1.82. The molecule has 1 heterocycles. The summed E-state index contributed by atoms with van der Waals surface area (Å²) >= 11 is 1.62. The van der Waals surface area contributed by atoms with Gasteiger partial charge in [-0.15, -0.1) is 11.3 Å². The van der Waals surface area contributed by atoms with E-state index in [1.807, 2.05) is 24.4 Å². The van der Waals surface area contributed by atoms with Crippen LogP contribution < -0.4 is 0 Å². The van der Waals surface area contributed by atoms with Crippen molar-refractivity contribution in [3.63, 3.8) is 0 Å². The van der Waals surface area contributed by atoms with Crippen LogP contribution in [0.2, 0.25) is 0 Å². The number of methoxy groups -OCH3 is 1. The van der Waals surface area contributed by atoms with E-state index < -0.39 is 0 Å². The molecule has 0 atom stereocenters. The molecule has 3 nitrogen and oxygen atoms in total. The molecular formula is C14H15NO2S. The molecule has 0 N–H and O–H groups in total. The zero-order valence-corrected chi connectivity index (χ0v) is 11.5. The van der Waals surface area contributed by atoms with E-state index in [0.29, 0.717) is 11.5 Å². The first-order valence-electron chi connectivity index (χ1n) is 5.77. The number of rotatable bonds is 3. The second-order valence-corrected chi connectivity index (χ2v) is 5.32. The van der Waals surface area contributed by atoms with Gasteiger partial charge in [-0.3, -0.25) is 0 Å². The Balaban J connectivity index is 2.46. The molecule has 0 bridgehead atoms. The number of carbonyl (C=O) groups is 1. The third kappa shape index (κ3) is 2.43. The highest BCUT2D eigenvalue weighted by molar-refractivity contribution is 7.15. The quantitative estimate of drug-likeness (QED) is 0.790. The van der Waals surface area contributed by atoms with Gasteiger partial charge in [0.1, 0.15) is 0 Å². The fourth-order valence-electron chi connectivity index (χ4n) is 1.66. The fourth-order valence-corrected chi connectivity index (χ4v) is 2.62. The number of hydrogen-bond acceptors (Lipinski definition) is 4. The van der Waals surface area contributed by atoms with Crippen molar-refractivity contribution in [1.29, 1.82) is 0 Å². The minimum absolute atomic E-state index is 0.315. The molecule has 0 spiro atoms. The van der Waals surface area contributed by atoms with E-state index in [9.17, 15) is 4.79 Å². The Morgan fingerprint density at radius 1 is 1.33 bits per heavy atom. The number of carbonyl (C=O) groups excluding carboxylic acids is 1. The minimum Gasteiger partial charge on any atom is -0.465 e. The van der Waals surface area contributed by atoms with E-state index >= 15 is 0 Å². The van der Waals surface area contributed by atoms with Crippen molar-refractivity contribution in [2.24, 2.45) is 0 Å². The second kappa shape index (κ2) is 5.31. The molecule has 1 aromatic carbocycles. The van der Waals surface area contributed by atoms with Gasteiger partial charge in [0.25, 0.3) is 0 Å². The van der Waals surface area contributed by atoms with E-state index in [-0.39, 0.29) is 5.97 Å². The van der Waals surface area contributed by atoms with Crippen LogP contribution in [0.3, 0.4) is 0 Å². The molecule has 94 valence electrons. The Bertz CT molecular complexity index is 560. The molecule has 0 saturated carbocycles. The van der Waals surface area contributed by atoms with Crippen LogP contribution in [-0.4, -0.2) is 18.1 Å². The van der Waals surface area contributed by atoms with E-state index in [1.54, 1.807) is 17.4 Å². The molecule has 1 aromatic heterocycles. The standard InChI is InChI=1S/C14H15NO2S/c1-9(2)13-15-8-12(18-13)10-6-4-5-7-11(10)14(16)17-3/h4-9H,1-3H3. The maximum absolute atomic E-state index is 11.7. The second-order valence-electron chi connectivity index (χ2n) is 4.25. The van der Waals surface area contributed by atoms with Gasteiger partial charge in [-0.05, 0) is 6.07 Å². The molecule has 0 saturated heterocycles. The van der Waals surface area contributed by atoms with Crippen molar-refractivity contribution in [1.82, 2.24) is 4.98 Å². The minimum atomic E-state index is -0.315. The average Bonchev–Trinajstić information content (AvgIpc) is 2.87. The van der Waals surface area contributed by atoms with Gasteiger partial charge in [-0.2, -0.15) is 0 Å². The van der Waals surface area contributed by atoms with Gasteiger partial charge in [0.05, 0.1) is 22.6 Å². The number of esters is 1. The van der Waals surface area contributed by atoms with E-state index in [2.05, 4.69) is 18.8 Å². The van der Waals surface area contributed by atoms with Crippen LogP contribution in [0.4, 0.5) is 0 Å². The lowest BCUT2D eigenvalue weighted by atomic mass is 10.1. The zero-order valence-electron chi connectivity index (χ0n) is 10.6. The first kappa shape index (κ1) is 12.8. The lowest BCUT2D eigenvalue weighted by molar-refractivity contribution is 0.0601. The summed E-state index contributed by atoms with van der Waals surface area (Å²) in [4.78, 5) is 17.1. The van der Waals surface area contributed by atoms with Crippen molar-refractivity contribution in [3.8, 4) is 10.4 Å². The van der Waals surface area contributed by atoms with Gasteiger partial charge in [0.2, 0.25) is 0 Å². The Kier molecular flexibility index (Phi) is 3.77. The van der Waals surface area contributed by atoms with Gasteiger partial charge < -0.3 is 4.74 Å². The molecule has 2 aromatic rings. The number of ether oxygens (including phenoxy) is 1. The molecular weight excluding hydrogens is 246 g/mol. The average molecular weight is 261 g/mol. The predicted molar refractivity (Wildman–Crippen MR) is 73.0 cm³/mol. The Morgan fingerprint density at radius 3 is 2.67 bits per heavy atom. The van der Waals surface area contributed by atoms with Gasteiger partial charge in [-0.1, -0.05) is 32.0 Å².